The van der Waals surface area contributed by atoms with E-state index in [2.05, 4.69) is 15.4 Å². The van der Waals surface area contributed by atoms with Gasteiger partial charge in [-0.25, -0.2) is 9.67 Å². The summed E-state index contributed by atoms with van der Waals surface area (Å²) in [6, 6.07) is 3.69. The summed E-state index contributed by atoms with van der Waals surface area (Å²) < 4.78 is 42.0. The van der Waals surface area contributed by atoms with E-state index in [-0.39, 0.29) is 16.1 Å². The van der Waals surface area contributed by atoms with Gasteiger partial charge in [0.25, 0.3) is 11.5 Å². The van der Waals surface area contributed by atoms with E-state index in [1.54, 1.807) is 39.8 Å². The molecule has 0 aliphatic carbocycles. The summed E-state index contributed by atoms with van der Waals surface area (Å²) in [6.07, 6.45) is -4.65. The Bertz CT molecular complexity index is 1260. The van der Waals surface area contributed by atoms with Crippen molar-refractivity contribution >= 4 is 28.6 Å². The summed E-state index contributed by atoms with van der Waals surface area (Å²) in [5, 5.41) is 6.79. The van der Waals surface area contributed by atoms with E-state index in [0.717, 1.165) is 17.4 Å². The first-order valence-corrected chi connectivity index (χ1v) is 10.3. The fourth-order valence-corrected chi connectivity index (χ4v) is 4.20. The highest BCUT2D eigenvalue weighted by Crippen LogP contribution is 2.38. The smallest absolute Gasteiger partial charge is 0.378 e. The maximum absolute atomic E-state index is 13.6. The number of carbonyl (C=O) groups is 1. The number of carbonyl (C=O) groups excluding carboxylic acids is 1. The molecule has 0 fully saturated rings. The minimum absolute atomic E-state index is 0.126. The molecule has 2 aromatic heterocycles. The van der Waals surface area contributed by atoms with Crippen LogP contribution in [0, 0.1) is 20.8 Å². The number of anilines is 2. The maximum Gasteiger partial charge on any atom is 0.418 e. The number of nitrogens with one attached hydrogen (secondary N) is 1. The zero-order chi connectivity index (χ0) is 24.0. The Morgan fingerprint density at radius 2 is 1.81 bits per heavy atom. The SMILES string of the molecule is Cc1nc(-c2c(C)c(C)nn(C)c2=O)sc1C(=O)Nc1ccc(N(C)C)cc1C(F)(F)F. The Labute approximate surface area is 186 Å². The highest BCUT2D eigenvalue weighted by molar-refractivity contribution is 7.17. The van der Waals surface area contributed by atoms with Crippen LogP contribution in [0.15, 0.2) is 23.0 Å². The highest BCUT2D eigenvalue weighted by Gasteiger charge is 2.35. The standard InChI is InChI=1S/C21H22F3N5O2S/c1-10-11(2)27-29(6)20(31)16(10)19-25-12(3)17(32-19)18(30)26-15-8-7-13(28(4)5)9-14(15)21(22,23)24/h7-9H,1-6H3,(H,26,30). The molecule has 7 nitrogen and oxygen atoms in total. The molecular formula is C21H22F3N5O2S. The number of aryl methyl sites for hydroxylation is 3. The van der Waals surface area contributed by atoms with Gasteiger partial charge in [0.15, 0.2) is 0 Å². The lowest BCUT2D eigenvalue weighted by atomic mass is 10.1. The van der Waals surface area contributed by atoms with Crippen molar-refractivity contribution in [2.75, 3.05) is 24.3 Å². The van der Waals surface area contributed by atoms with Gasteiger partial charge in [-0.15, -0.1) is 11.3 Å². The van der Waals surface area contributed by atoms with E-state index >= 15 is 0 Å². The molecule has 0 radical (unpaired) electrons. The summed E-state index contributed by atoms with van der Waals surface area (Å²) >= 11 is 0.953. The number of hydrogen-bond donors (Lipinski definition) is 1. The number of alkyl halides is 3. The Kier molecular flexibility index (Phi) is 6.14. The molecule has 0 unspecified atom stereocenters. The molecule has 0 atom stereocenters. The summed E-state index contributed by atoms with van der Waals surface area (Å²) in [5.41, 5.74) is 0.584. The first-order valence-electron chi connectivity index (χ1n) is 9.53. The number of thiazole rings is 1. The van der Waals surface area contributed by atoms with Crippen molar-refractivity contribution in [1.82, 2.24) is 14.8 Å². The van der Waals surface area contributed by atoms with Crippen molar-refractivity contribution in [3.8, 4) is 10.6 Å². The zero-order valence-corrected chi connectivity index (χ0v) is 19.2. The van der Waals surface area contributed by atoms with Crippen molar-refractivity contribution in [3.05, 3.63) is 55.9 Å². The molecule has 0 spiro atoms. The van der Waals surface area contributed by atoms with Crippen molar-refractivity contribution < 1.29 is 18.0 Å². The second-order valence-corrected chi connectivity index (χ2v) is 8.52. The maximum atomic E-state index is 13.6. The average molecular weight is 466 g/mol. The molecule has 1 aromatic carbocycles. The monoisotopic (exact) mass is 465 g/mol. The minimum Gasteiger partial charge on any atom is -0.378 e. The lowest BCUT2D eigenvalue weighted by Gasteiger charge is -2.18. The van der Waals surface area contributed by atoms with E-state index in [9.17, 15) is 22.8 Å². The van der Waals surface area contributed by atoms with Crippen LogP contribution in [0.5, 0.6) is 0 Å². The van der Waals surface area contributed by atoms with Gasteiger partial charge in [0.1, 0.15) is 9.88 Å². The van der Waals surface area contributed by atoms with Gasteiger partial charge in [-0.1, -0.05) is 0 Å². The van der Waals surface area contributed by atoms with Crippen LogP contribution in [0.2, 0.25) is 0 Å². The summed E-state index contributed by atoms with van der Waals surface area (Å²) in [5.74, 6) is -0.727. The first-order chi connectivity index (χ1) is 14.8. The van der Waals surface area contributed by atoms with Crippen molar-refractivity contribution in [1.29, 1.82) is 0 Å². The van der Waals surface area contributed by atoms with Gasteiger partial charge in [-0.2, -0.15) is 18.3 Å². The molecular weight excluding hydrogens is 443 g/mol. The van der Waals surface area contributed by atoms with Crippen LogP contribution in [0.25, 0.3) is 10.6 Å². The number of rotatable bonds is 4. The van der Waals surface area contributed by atoms with E-state index in [0.29, 0.717) is 33.2 Å². The average Bonchev–Trinajstić information content (AvgIpc) is 3.07. The van der Waals surface area contributed by atoms with Crippen LogP contribution in [0.4, 0.5) is 24.5 Å². The molecule has 3 aromatic rings. The Balaban J connectivity index is 2.02. The molecule has 170 valence electrons. The van der Waals surface area contributed by atoms with Gasteiger partial charge in [-0.3, -0.25) is 9.59 Å². The fraction of sp³-hybridized carbons (Fsp3) is 0.333. The molecule has 0 bridgehead atoms. The molecule has 1 amide bonds. The van der Waals surface area contributed by atoms with E-state index in [1.165, 1.54) is 23.9 Å². The van der Waals surface area contributed by atoms with Gasteiger partial charge in [0.05, 0.1) is 28.2 Å². The normalized spacial score (nSPS) is 11.5. The van der Waals surface area contributed by atoms with Crippen molar-refractivity contribution in [2.45, 2.75) is 26.9 Å². The molecule has 1 N–H and O–H groups in total. The van der Waals surface area contributed by atoms with Crippen LogP contribution in [0.1, 0.15) is 32.2 Å². The predicted octanol–water partition coefficient (Wildman–Crippen LogP) is 4.17. The second kappa shape index (κ2) is 8.38. The topological polar surface area (TPSA) is 80.1 Å². The quantitative estimate of drug-likeness (QED) is 0.626. The van der Waals surface area contributed by atoms with Crippen molar-refractivity contribution in [3.63, 3.8) is 0 Å². The lowest BCUT2D eigenvalue weighted by Crippen LogP contribution is -2.23. The van der Waals surface area contributed by atoms with Crippen LogP contribution >= 0.6 is 11.3 Å². The van der Waals surface area contributed by atoms with Crippen LogP contribution in [-0.2, 0) is 13.2 Å². The van der Waals surface area contributed by atoms with E-state index < -0.39 is 17.6 Å². The summed E-state index contributed by atoms with van der Waals surface area (Å²) in [6.45, 7) is 5.06. The van der Waals surface area contributed by atoms with Gasteiger partial charge in [0, 0.05) is 26.8 Å². The predicted molar refractivity (Wildman–Crippen MR) is 119 cm³/mol. The molecule has 0 saturated heterocycles. The van der Waals surface area contributed by atoms with Gasteiger partial charge in [-0.05, 0) is 44.5 Å². The number of nitrogens with zero attached hydrogens (tertiary/aromatic N) is 4. The molecule has 2 heterocycles. The lowest BCUT2D eigenvalue weighted by molar-refractivity contribution is -0.136. The molecule has 0 aliphatic rings. The van der Waals surface area contributed by atoms with Gasteiger partial charge < -0.3 is 10.2 Å². The molecule has 3 rings (SSSR count). The zero-order valence-electron chi connectivity index (χ0n) is 18.4. The number of amides is 1. The van der Waals surface area contributed by atoms with Gasteiger partial charge >= 0.3 is 6.18 Å². The highest BCUT2D eigenvalue weighted by atomic mass is 32.1. The third-order valence-electron chi connectivity index (χ3n) is 5.02. The molecule has 32 heavy (non-hydrogen) atoms. The first kappa shape index (κ1) is 23.5. The largest absolute Gasteiger partial charge is 0.418 e. The van der Waals surface area contributed by atoms with Crippen LogP contribution < -0.4 is 15.8 Å². The Morgan fingerprint density at radius 3 is 2.41 bits per heavy atom. The minimum atomic E-state index is -4.65. The molecule has 0 aliphatic heterocycles. The Morgan fingerprint density at radius 1 is 1.16 bits per heavy atom. The number of halogens is 3. The number of hydrogen-bond acceptors (Lipinski definition) is 6. The Hall–Kier alpha value is -3.21. The summed E-state index contributed by atoms with van der Waals surface area (Å²) in [4.78, 5) is 31.5. The number of aromatic nitrogens is 3. The van der Waals surface area contributed by atoms with Crippen LogP contribution in [0.3, 0.4) is 0 Å². The third-order valence-corrected chi connectivity index (χ3v) is 6.19. The van der Waals surface area contributed by atoms with E-state index in [4.69, 9.17) is 0 Å². The van der Waals surface area contributed by atoms with Crippen molar-refractivity contribution in [2.24, 2.45) is 7.05 Å². The third kappa shape index (κ3) is 4.38. The fourth-order valence-electron chi connectivity index (χ4n) is 3.15. The summed E-state index contributed by atoms with van der Waals surface area (Å²) in [7, 11) is 4.77. The second-order valence-electron chi connectivity index (χ2n) is 7.52. The van der Waals surface area contributed by atoms with Gasteiger partial charge in [0.2, 0.25) is 0 Å². The van der Waals surface area contributed by atoms with E-state index in [1.807, 2.05) is 0 Å². The molecule has 0 saturated carbocycles. The molecule has 11 heteroatoms. The van der Waals surface area contributed by atoms with Crippen LogP contribution in [-0.4, -0.2) is 34.8 Å². The number of benzene rings is 1.